The van der Waals surface area contributed by atoms with Gasteiger partial charge in [-0.05, 0) is 31.1 Å². The van der Waals surface area contributed by atoms with Crippen LogP contribution in [-0.2, 0) is 4.79 Å². The number of rotatable bonds is 5. The Balaban J connectivity index is 2.82. The van der Waals surface area contributed by atoms with Gasteiger partial charge in [-0.1, -0.05) is 19.4 Å². The number of aliphatic carboxylic acids is 1. The quantitative estimate of drug-likeness (QED) is 0.827. The van der Waals surface area contributed by atoms with Gasteiger partial charge in [-0.2, -0.15) is 0 Å². The zero-order valence-electron chi connectivity index (χ0n) is 9.12. The minimum absolute atomic E-state index is 0.117. The van der Waals surface area contributed by atoms with E-state index >= 15 is 0 Å². The van der Waals surface area contributed by atoms with E-state index in [1.165, 1.54) is 9.75 Å². The zero-order chi connectivity index (χ0) is 11.3. The third-order valence-corrected chi connectivity index (χ3v) is 3.18. The van der Waals surface area contributed by atoms with E-state index in [2.05, 4.69) is 26.0 Å². The smallest absolute Gasteiger partial charge is 0.307 e. The van der Waals surface area contributed by atoms with Gasteiger partial charge in [0.05, 0.1) is 6.42 Å². The summed E-state index contributed by atoms with van der Waals surface area (Å²) in [5.41, 5.74) is 1.16. The Kier molecular flexibility index (Phi) is 4.56. The maximum absolute atomic E-state index is 10.5. The Morgan fingerprint density at radius 2 is 2.27 bits per heavy atom. The highest BCUT2D eigenvalue weighted by molar-refractivity contribution is 7.13. The molecule has 1 N–H and O–H groups in total. The lowest BCUT2D eigenvalue weighted by molar-refractivity contribution is -0.135. The highest BCUT2D eigenvalue weighted by Gasteiger charge is 2.04. The van der Waals surface area contributed by atoms with E-state index in [1.54, 1.807) is 11.3 Å². The molecule has 0 atom stereocenters. The number of carboxylic acids is 1. The summed E-state index contributed by atoms with van der Waals surface area (Å²) in [7, 11) is 0. The maximum Gasteiger partial charge on any atom is 0.307 e. The topological polar surface area (TPSA) is 37.3 Å². The molecule has 0 saturated carbocycles. The third-order valence-electron chi connectivity index (χ3n) is 2.10. The lowest BCUT2D eigenvalue weighted by Crippen LogP contribution is -1.91. The Morgan fingerprint density at radius 1 is 1.53 bits per heavy atom. The van der Waals surface area contributed by atoms with Crippen molar-refractivity contribution in [2.75, 3.05) is 0 Å². The van der Waals surface area contributed by atoms with Crippen molar-refractivity contribution in [3.05, 3.63) is 28.0 Å². The monoisotopic (exact) mass is 224 g/mol. The van der Waals surface area contributed by atoms with Gasteiger partial charge in [0.1, 0.15) is 0 Å². The van der Waals surface area contributed by atoms with Crippen LogP contribution >= 0.6 is 11.3 Å². The van der Waals surface area contributed by atoms with Crippen LogP contribution in [0.3, 0.4) is 0 Å². The average molecular weight is 224 g/mol. The minimum Gasteiger partial charge on any atom is -0.481 e. The molecule has 15 heavy (non-hydrogen) atoms. The molecule has 0 fully saturated rings. The van der Waals surface area contributed by atoms with E-state index in [0.29, 0.717) is 0 Å². The molecule has 1 rings (SSSR count). The van der Waals surface area contributed by atoms with Crippen molar-refractivity contribution in [3.63, 3.8) is 0 Å². The average Bonchev–Trinajstić information content (AvgIpc) is 2.59. The van der Waals surface area contributed by atoms with Gasteiger partial charge in [0, 0.05) is 9.75 Å². The first-order chi connectivity index (χ1) is 7.13. The fourth-order valence-corrected chi connectivity index (χ4v) is 2.35. The number of thiophene rings is 1. The van der Waals surface area contributed by atoms with Crippen molar-refractivity contribution < 1.29 is 9.90 Å². The third kappa shape index (κ3) is 3.88. The second-order valence-corrected chi connectivity index (χ2v) is 4.78. The highest BCUT2D eigenvalue weighted by atomic mass is 32.1. The van der Waals surface area contributed by atoms with E-state index < -0.39 is 5.97 Å². The second-order valence-electron chi connectivity index (χ2n) is 3.49. The van der Waals surface area contributed by atoms with Crippen molar-refractivity contribution in [3.8, 4) is 0 Å². The van der Waals surface area contributed by atoms with Gasteiger partial charge < -0.3 is 5.11 Å². The molecule has 1 aromatic rings. The van der Waals surface area contributed by atoms with Crippen LogP contribution in [0, 0.1) is 6.92 Å². The van der Waals surface area contributed by atoms with Gasteiger partial charge >= 0.3 is 5.97 Å². The summed E-state index contributed by atoms with van der Waals surface area (Å²) in [6.07, 6.45) is 3.94. The molecule has 2 nitrogen and oxygen atoms in total. The van der Waals surface area contributed by atoms with Crippen LogP contribution < -0.4 is 0 Å². The van der Waals surface area contributed by atoms with Crippen LogP contribution in [0.15, 0.2) is 18.2 Å². The normalized spacial score (nSPS) is 11.7. The predicted octanol–water partition coefficient (Wildman–Crippen LogP) is 3.71. The van der Waals surface area contributed by atoms with E-state index in [9.17, 15) is 4.79 Å². The molecular formula is C12H16O2S. The number of hydrogen-bond donors (Lipinski definition) is 1. The molecule has 0 saturated heterocycles. The van der Waals surface area contributed by atoms with Crippen LogP contribution in [0.4, 0.5) is 0 Å². The number of carboxylic acid groups (broad SMARTS) is 1. The molecule has 0 radical (unpaired) electrons. The van der Waals surface area contributed by atoms with Gasteiger partial charge in [0.25, 0.3) is 0 Å². The van der Waals surface area contributed by atoms with Crippen molar-refractivity contribution in [2.45, 2.75) is 33.1 Å². The van der Waals surface area contributed by atoms with Crippen molar-refractivity contribution >= 4 is 22.9 Å². The molecule has 3 heteroatoms. The van der Waals surface area contributed by atoms with Crippen LogP contribution in [0.1, 0.15) is 35.9 Å². The summed E-state index contributed by atoms with van der Waals surface area (Å²) in [6, 6.07) is 4.15. The van der Waals surface area contributed by atoms with Gasteiger partial charge in [0.2, 0.25) is 0 Å². The lowest BCUT2D eigenvalue weighted by Gasteiger charge is -2.02. The first-order valence-electron chi connectivity index (χ1n) is 5.11. The number of carbonyl (C=O) groups is 1. The molecular weight excluding hydrogens is 208 g/mol. The molecule has 0 unspecified atom stereocenters. The van der Waals surface area contributed by atoms with E-state index in [1.807, 2.05) is 6.08 Å². The molecule has 0 aliphatic carbocycles. The molecule has 82 valence electrons. The summed E-state index contributed by atoms with van der Waals surface area (Å²) >= 11 is 1.73. The Hall–Kier alpha value is -1.09. The molecule has 1 heterocycles. The Bertz CT molecular complexity index is 363. The summed E-state index contributed by atoms with van der Waals surface area (Å²) in [4.78, 5) is 13.0. The van der Waals surface area contributed by atoms with Gasteiger partial charge in [-0.3, -0.25) is 4.79 Å². The van der Waals surface area contributed by atoms with Crippen LogP contribution in [0.2, 0.25) is 0 Å². The molecule has 0 aliphatic rings. The zero-order valence-corrected chi connectivity index (χ0v) is 9.93. The summed E-state index contributed by atoms with van der Waals surface area (Å²) < 4.78 is 0. The largest absolute Gasteiger partial charge is 0.481 e. The number of aryl methyl sites for hydroxylation is 1. The van der Waals surface area contributed by atoms with Crippen LogP contribution in [-0.4, -0.2) is 11.1 Å². The van der Waals surface area contributed by atoms with Crippen LogP contribution in [0.25, 0.3) is 5.57 Å². The molecule has 0 amide bonds. The Morgan fingerprint density at radius 3 is 2.73 bits per heavy atom. The first kappa shape index (κ1) is 12.0. The summed E-state index contributed by atoms with van der Waals surface area (Å²) in [5.74, 6) is -0.767. The predicted molar refractivity (Wildman–Crippen MR) is 64.2 cm³/mol. The van der Waals surface area contributed by atoms with Crippen molar-refractivity contribution in [1.82, 2.24) is 0 Å². The minimum atomic E-state index is -0.767. The summed E-state index contributed by atoms with van der Waals surface area (Å²) in [6.45, 7) is 4.17. The van der Waals surface area contributed by atoms with E-state index in [-0.39, 0.29) is 6.42 Å². The maximum atomic E-state index is 10.5. The standard InChI is InChI=1S/C12H16O2S/c1-3-4-10(6-8-12(13)14)11-7-5-9(2)15-11/h5-7H,3-4,8H2,1-2H3,(H,13,14)/b10-6+. The lowest BCUT2D eigenvalue weighted by atomic mass is 10.1. The molecule has 0 bridgehead atoms. The molecule has 0 aliphatic heterocycles. The molecule has 0 spiro atoms. The highest BCUT2D eigenvalue weighted by Crippen LogP contribution is 2.27. The molecule has 0 aromatic carbocycles. The summed E-state index contributed by atoms with van der Waals surface area (Å²) in [5, 5.41) is 8.64. The van der Waals surface area contributed by atoms with Crippen LogP contribution in [0.5, 0.6) is 0 Å². The SMILES string of the molecule is CCC/C(=C\CC(=O)O)c1ccc(C)s1. The van der Waals surface area contributed by atoms with E-state index in [4.69, 9.17) is 5.11 Å². The van der Waals surface area contributed by atoms with E-state index in [0.717, 1.165) is 18.4 Å². The fourth-order valence-electron chi connectivity index (χ4n) is 1.41. The Labute approximate surface area is 94.3 Å². The van der Waals surface area contributed by atoms with Crippen molar-refractivity contribution in [1.29, 1.82) is 0 Å². The first-order valence-corrected chi connectivity index (χ1v) is 5.92. The fraction of sp³-hybridized carbons (Fsp3) is 0.417. The van der Waals surface area contributed by atoms with Gasteiger partial charge in [-0.25, -0.2) is 0 Å². The molecule has 1 aromatic heterocycles. The van der Waals surface area contributed by atoms with Gasteiger partial charge in [0.15, 0.2) is 0 Å². The van der Waals surface area contributed by atoms with Crippen molar-refractivity contribution in [2.24, 2.45) is 0 Å². The van der Waals surface area contributed by atoms with Gasteiger partial charge in [-0.15, -0.1) is 11.3 Å². The second kappa shape index (κ2) is 5.71. The number of allylic oxidation sites excluding steroid dienone is 1. The number of hydrogen-bond acceptors (Lipinski definition) is 2.